The number of aliphatic hydroxyl groups is 1. The number of hydrogen-bond acceptors (Lipinski definition) is 3. The van der Waals surface area contributed by atoms with E-state index in [0.717, 1.165) is 18.4 Å². The van der Waals surface area contributed by atoms with Crippen molar-refractivity contribution in [3.8, 4) is 6.07 Å². The first kappa shape index (κ1) is 9.20. The number of nitrogens with zero attached hydrogens (tertiary/aromatic N) is 1. The highest BCUT2D eigenvalue weighted by Gasteiger charge is 2.47. The largest absolute Gasteiger partial charge is 0.388 e. The van der Waals surface area contributed by atoms with Crippen molar-refractivity contribution in [3.05, 3.63) is 35.4 Å². The second-order valence-corrected chi connectivity index (χ2v) is 3.78. The minimum Gasteiger partial charge on any atom is -0.388 e. The molecule has 0 amide bonds. The first-order valence-corrected chi connectivity index (χ1v) is 4.64. The van der Waals surface area contributed by atoms with Crippen LogP contribution in [0, 0.1) is 11.3 Å². The van der Waals surface area contributed by atoms with Gasteiger partial charge in [0.1, 0.15) is 0 Å². The predicted octanol–water partition coefficient (Wildman–Crippen LogP) is 1.08. The summed E-state index contributed by atoms with van der Waals surface area (Å²) < 4.78 is 0. The van der Waals surface area contributed by atoms with Gasteiger partial charge in [-0.25, -0.2) is 0 Å². The molecule has 1 fully saturated rings. The molecule has 1 aromatic carbocycles. The van der Waals surface area contributed by atoms with Crippen LogP contribution in [0.5, 0.6) is 0 Å². The molecule has 0 aromatic heterocycles. The molecule has 1 atom stereocenters. The Morgan fingerprint density at radius 3 is 2.64 bits per heavy atom. The second-order valence-electron chi connectivity index (χ2n) is 3.78. The van der Waals surface area contributed by atoms with Crippen molar-refractivity contribution in [1.29, 1.82) is 5.26 Å². The van der Waals surface area contributed by atoms with E-state index in [2.05, 4.69) is 6.07 Å². The Bertz CT molecular complexity index is 391. The van der Waals surface area contributed by atoms with Crippen LogP contribution >= 0.6 is 0 Å². The molecule has 0 heterocycles. The Morgan fingerprint density at radius 1 is 1.43 bits per heavy atom. The minimum atomic E-state index is -0.771. The van der Waals surface area contributed by atoms with Crippen molar-refractivity contribution in [2.24, 2.45) is 5.73 Å². The van der Waals surface area contributed by atoms with E-state index < -0.39 is 11.6 Å². The van der Waals surface area contributed by atoms with E-state index in [1.807, 2.05) is 6.07 Å². The number of rotatable bonds is 2. The Balaban J connectivity index is 2.36. The zero-order chi connectivity index (χ0) is 10.2. The van der Waals surface area contributed by atoms with Gasteiger partial charge in [-0.3, -0.25) is 0 Å². The van der Waals surface area contributed by atoms with Crippen LogP contribution in [-0.4, -0.2) is 10.7 Å². The van der Waals surface area contributed by atoms with E-state index in [4.69, 9.17) is 11.0 Å². The van der Waals surface area contributed by atoms with Gasteiger partial charge < -0.3 is 10.8 Å². The van der Waals surface area contributed by atoms with Crippen LogP contribution in [0.15, 0.2) is 24.3 Å². The molecule has 1 saturated carbocycles. The molecule has 0 bridgehead atoms. The highest BCUT2D eigenvalue weighted by atomic mass is 16.3. The molecule has 0 spiro atoms. The first-order valence-electron chi connectivity index (χ1n) is 4.64. The minimum absolute atomic E-state index is 0.432. The van der Waals surface area contributed by atoms with E-state index in [9.17, 15) is 5.11 Å². The average Bonchev–Trinajstić information content (AvgIpc) is 2.97. The van der Waals surface area contributed by atoms with Crippen molar-refractivity contribution in [2.45, 2.75) is 24.5 Å². The molecule has 0 radical (unpaired) electrons. The topological polar surface area (TPSA) is 70.0 Å². The van der Waals surface area contributed by atoms with Gasteiger partial charge in [-0.1, -0.05) is 18.2 Å². The summed E-state index contributed by atoms with van der Waals surface area (Å²) in [6, 6.07) is 8.81. The zero-order valence-electron chi connectivity index (χ0n) is 7.77. The van der Waals surface area contributed by atoms with Gasteiger partial charge in [0, 0.05) is 0 Å². The summed E-state index contributed by atoms with van der Waals surface area (Å²) in [5.41, 5.74) is 6.44. The fourth-order valence-corrected chi connectivity index (χ4v) is 1.60. The molecule has 3 heteroatoms. The number of hydrogen-bond donors (Lipinski definition) is 2. The molecule has 72 valence electrons. The molecule has 0 aliphatic heterocycles. The van der Waals surface area contributed by atoms with Gasteiger partial charge in [-0.05, 0) is 24.5 Å². The van der Waals surface area contributed by atoms with Crippen molar-refractivity contribution in [1.82, 2.24) is 0 Å². The Labute approximate surface area is 82.8 Å². The van der Waals surface area contributed by atoms with E-state index >= 15 is 0 Å². The van der Waals surface area contributed by atoms with Crippen LogP contribution in [0.25, 0.3) is 0 Å². The fourth-order valence-electron chi connectivity index (χ4n) is 1.60. The summed E-state index contributed by atoms with van der Waals surface area (Å²) in [6.07, 6.45) is 1.46. The summed E-state index contributed by atoms with van der Waals surface area (Å²) in [5.74, 6) is 0. The highest BCUT2D eigenvalue weighted by molar-refractivity contribution is 5.41. The van der Waals surface area contributed by atoms with Gasteiger partial charge in [0.05, 0.1) is 23.3 Å². The molecule has 2 rings (SSSR count). The molecule has 1 aliphatic carbocycles. The monoisotopic (exact) mass is 188 g/mol. The van der Waals surface area contributed by atoms with Gasteiger partial charge in [0.15, 0.2) is 0 Å². The lowest BCUT2D eigenvalue weighted by Gasteiger charge is -2.18. The van der Waals surface area contributed by atoms with Gasteiger partial charge in [-0.2, -0.15) is 5.26 Å². The number of benzene rings is 1. The average molecular weight is 188 g/mol. The summed E-state index contributed by atoms with van der Waals surface area (Å²) in [4.78, 5) is 0. The molecule has 3 nitrogen and oxygen atoms in total. The molecular weight excluding hydrogens is 176 g/mol. The molecule has 3 N–H and O–H groups in total. The Morgan fingerprint density at radius 2 is 2.07 bits per heavy atom. The standard InChI is InChI=1S/C11H12N2O/c12-7-8-3-1-2-4-9(8)10(13)11(14)5-6-11/h1-4,10,14H,5-6,13H2. The van der Waals surface area contributed by atoms with Crippen molar-refractivity contribution >= 4 is 0 Å². The lowest BCUT2D eigenvalue weighted by molar-refractivity contribution is 0.119. The van der Waals surface area contributed by atoms with Gasteiger partial charge in [0.2, 0.25) is 0 Å². The van der Waals surface area contributed by atoms with Crippen LogP contribution < -0.4 is 5.73 Å². The third kappa shape index (κ3) is 1.39. The highest BCUT2D eigenvalue weighted by Crippen LogP contribution is 2.44. The Hall–Kier alpha value is -1.37. The van der Waals surface area contributed by atoms with Crippen LogP contribution in [0.1, 0.15) is 30.0 Å². The molecule has 1 aliphatic rings. The van der Waals surface area contributed by atoms with Crippen LogP contribution in [0.3, 0.4) is 0 Å². The van der Waals surface area contributed by atoms with E-state index in [1.165, 1.54) is 0 Å². The van der Waals surface area contributed by atoms with Crippen molar-refractivity contribution in [3.63, 3.8) is 0 Å². The summed E-state index contributed by atoms with van der Waals surface area (Å²) >= 11 is 0. The third-order valence-electron chi connectivity index (χ3n) is 2.76. The third-order valence-corrected chi connectivity index (χ3v) is 2.76. The molecule has 1 aromatic rings. The summed E-state index contributed by atoms with van der Waals surface area (Å²) in [6.45, 7) is 0. The Kier molecular flexibility index (Phi) is 2.03. The molecule has 0 saturated heterocycles. The summed E-state index contributed by atoms with van der Waals surface area (Å²) in [5, 5.41) is 18.7. The van der Waals surface area contributed by atoms with Crippen LogP contribution in [0.2, 0.25) is 0 Å². The maximum atomic E-state index is 9.84. The molecule has 14 heavy (non-hydrogen) atoms. The lowest BCUT2D eigenvalue weighted by atomic mass is 9.96. The van der Waals surface area contributed by atoms with E-state index in [1.54, 1.807) is 18.2 Å². The molecule has 1 unspecified atom stereocenters. The SMILES string of the molecule is N#Cc1ccccc1C(N)C1(O)CC1. The number of nitriles is 1. The van der Waals surface area contributed by atoms with Gasteiger partial charge in [-0.15, -0.1) is 0 Å². The quantitative estimate of drug-likeness (QED) is 0.729. The number of nitrogens with two attached hydrogens (primary N) is 1. The normalized spacial score (nSPS) is 19.8. The van der Waals surface area contributed by atoms with E-state index in [0.29, 0.717) is 5.56 Å². The maximum Gasteiger partial charge on any atom is 0.0995 e. The maximum absolute atomic E-state index is 9.84. The fraction of sp³-hybridized carbons (Fsp3) is 0.364. The molecular formula is C11H12N2O. The van der Waals surface area contributed by atoms with Gasteiger partial charge >= 0.3 is 0 Å². The van der Waals surface area contributed by atoms with Crippen molar-refractivity contribution < 1.29 is 5.11 Å². The van der Waals surface area contributed by atoms with Crippen LogP contribution in [-0.2, 0) is 0 Å². The zero-order valence-corrected chi connectivity index (χ0v) is 7.77. The first-order chi connectivity index (χ1) is 6.67. The van der Waals surface area contributed by atoms with E-state index in [-0.39, 0.29) is 0 Å². The summed E-state index contributed by atoms with van der Waals surface area (Å²) in [7, 11) is 0. The predicted molar refractivity (Wildman–Crippen MR) is 52.3 cm³/mol. The lowest BCUT2D eigenvalue weighted by Crippen LogP contribution is -2.28. The van der Waals surface area contributed by atoms with Crippen LogP contribution in [0.4, 0.5) is 0 Å². The van der Waals surface area contributed by atoms with Crippen molar-refractivity contribution in [2.75, 3.05) is 0 Å². The van der Waals surface area contributed by atoms with Gasteiger partial charge in [0.25, 0.3) is 0 Å². The second kappa shape index (κ2) is 3.09. The smallest absolute Gasteiger partial charge is 0.0995 e.